The van der Waals surface area contributed by atoms with E-state index < -0.39 is 11.8 Å². The third kappa shape index (κ3) is 4.86. The highest BCUT2D eigenvalue weighted by atomic mass is 16.5. The fourth-order valence-electron chi connectivity index (χ4n) is 3.55. The van der Waals surface area contributed by atoms with Gasteiger partial charge in [-0.3, -0.25) is 9.59 Å². The summed E-state index contributed by atoms with van der Waals surface area (Å²) in [6, 6.07) is 13.3. The monoisotopic (exact) mass is 396 g/mol. The largest absolute Gasteiger partial charge is 0.497 e. The van der Waals surface area contributed by atoms with Crippen LogP contribution in [0.4, 0.5) is 11.4 Å². The number of likely N-dealkylation sites (N-methyl/N-ethyl adjacent to an activating group) is 2. The molecule has 1 heterocycles. The van der Waals surface area contributed by atoms with Crippen LogP contribution in [0, 0.1) is 0 Å². The van der Waals surface area contributed by atoms with Gasteiger partial charge in [0.15, 0.2) is 0 Å². The van der Waals surface area contributed by atoms with Crippen LogP contribution in [0.5, 0.6) is 5.75 Å². The third-order valence-electron chi connectivity index (χ3n) is 5.23. The number of ether oxygens (including phenoxy) is 1. The molecule has 1 aliphatic heterocycles. The standard InChI is InChI=1S/C22H28N4O3/c1-25(2)20(15-8-9-19-16(12-15)10-11-26(19)3)14-23-21(27)22(28)24-17-6-5-7-18(13-17)29-4/h5-9,12-13,20H,10-11,14H2,1-4H3,(H,23,27)(H,24,28)/t20-/m1/s1. The summed E-state index contributed by atoms with van der Waals surface area (Å²) >= 11 is 0. The van der Waals surface area contributed by atoms with Crippen molar-refractivity contribution in [1.82, 2.24) is 10.2 Å². The van der Waals surface area contributed by atoms with Crippen molar-refractivity contribution in [2.75, 3.05) is 51.6 Å². The molecule has 154 valence electrons. The normalized spacial score (nSPS) is 13.8. The molecule has 7 heteroatoms. The Bertz CT molecular complexity index is 897. The van der Waals surface area contributed by atoms with Crippen LogP contribution in [0.2, 0.25) is 0 Å². The van der Waals surface area contributed by atoms with Gasteiger partial charge in [0, 0.05) is 37.6 Å². The lowest BCUT2D eigenvalue weighted by Crippen LogP contribution is -2.40. The number of amides is 2. The summed E-state index contributed by atoms with van der Waals surface area (Å²) in [6.45, 7) is 1.36. The summed E-state index contributed by atoms with van der Waals surface area (Å²) in [6.07, 6.45) is 1.02. The van der Waals surface area contributed by atoms with Gasteiger partial charge >= 0.3 is 11.8 Å². The molecule has 0 aromatic heterocycles. The van der Waals surface area contributed by atoms with E-state index in [2.05, 4.69) is 40.8 Å². The van der Waals surface area contributed by atoms with E-state index in [1.807, 2.05) is 19.0 Å². The summed E-state index contributed by atoms with van der Waals surface area (Å²) in [4.78, 5) is 28.8. The number of nitrogens with one attached hydrogen (secondary N) is 2. The molecule has 0 unspecified atom stereocenters. The zero-order chi connectivity index (χ0) is 21.0. The average molecular weight is 396 g/mol. The Kier molecular flexibility index (Phi) is 6.39. The molecule has 0 saturated carbocycles. The van der Waals surface area contributed by atoms with Crippen LogP contribution in [-0.2, 0) is 16.0 Å². The van der Waals surface area contributed by atoms with Gasteiger partial charge in [-0.2, -0.15) is 0 Å². The van der Waals surface area contributed by atoms with E-state index in [9.17, 15) is 9.59 Å². The molecular weight excluding hydrogens is 368 g/mol. The van der Waals surface area contributed by atoms with Gasteiger partial charge in [0.2, 0.25) is 0 Å². The lowest BCUT2D eigenvalue weighted by atomic mass is 10.0. The number of nitrogens with zero attached hydrogens (tertiary/aromatic N) is 2. The van der Waals surface area contributed by atoms with Crippen molar-refractivity contribution in [2.24, 2.45) is 0 Å². The highest BCUT2D eigenvalue weighted by Gasteiger charge is 2.22. The number of carbonyl (C=O) groups excluding carboxylic acids is 2. The van der Waals surface area contributed by atoms with Gasteiger partial charge < -0.3 is 25.2 Å². The predicted octanol–water partition coefficient (Wildman–Crippen LogP) is 2.05. The van der Waals surface area contributed by atoms with E-state index >= 15 is 0 Å². The maximum Gasteiger partial charge on any atom is 0.313 e. The minimum absolute atomic E-state index is 0.0280. The third-order valence-corrected chi connectivity index (χ3v) is 5.23. The van der Waals surface area contributed by atoms with E-state index in [1.54, 1.807) is 31.4 Å². The number of hydrogen-bond acceptors (Lipinski definition) is 5. The number of rotatable bonds is 6. The van der Waals surface area contributed by atoms with E-state index in [-0.39, 0.29) is 6.04 Å². The van der Waals surface area contributed by atoms with E-state index in [1.165, 1.54) is 11.3 Å². The number of carbonyl (C=O) groups is 2. The van der Waals surface area contributed by atoms with Gasteiger partial charge in [-0.05, 0) is 49.8 Å². The van der Waals surface area contributed by atoms with Gasteiger partial charge in [0.05, 0.1) is 13.2 Å². The molecule has 2 aromatic rings. The van der Waals surface area contributed by atoms with E-state index in [0.29, 0.717) is 18.0 Å². The number of fused-ring (bicyclic) bond motifs is 1. The van der Waals surface area contributed by atoms with E-state index in [4.69, 9.17) is 4.74 Å². The molecule has 0 saturated heterocycles. The zero-order valence-electron chi connectivity index (χ0n) is 17.4. The van der Waals surface area contributed by atoms with Crippen LogP contribution in [0.1, 0.15) is 17.2 Å². The van der Waals surface area contributed by atoms with Gasteiger partial charge in [-0.1, -0.05) is 18.2 Å². The van der Waals surface area contributed by atoms with Crippen molar-refractivity contribution < 1.29 is 14.3 Å². The Morgan fingerprint density at radius 2 is 1.97 bits per heavy atom. The maximum absolute atomic E-state index is 12.3. The number of benzene rings is 2. The lowest BCUT2D eigenvalue weighted by Gasteiger charge is -2.26. The Labute approximate surface area is 171 Å². The molecule has 2 amide bonds. The fourth-order valence-corrected chi connectivity index (χ4v) is 3.55. The summed E-state index contributed by atoms with van der Waals surface area (Å²) < 4.78 is 5.13. The average Bonchev–Trinajstić information content (AvgIpc) is 3.08. The molecule has 2 aromatic carbocycles. The minimum Gasteiger partial charge on any atom is -0.497 e. The molecule has 7 nitrogen and oxygen atoms in total. The number of hydrogen-bond donors (Lipinski definition) is 2. The molecule has 29 heavy (non-hydrogen) atoms. The van der Waals surface area contributed by atoms with Crippen LogP contribution in [-0.4, -0.2) is 58.1 Å². The summed E-state index contributed by atoms with van der Waals surface area (Å²) in [5.41, 5.74) is 4.21. The predicted molar refractivity (Wildman–Crippen MR) is 114 cm³/mol. The molecule has 0 fully saturated rings. The number of anilines is 2. The van der Waals surface area contributed by atoms with Gasteiger partial charge in [0.1, 0.15) is 5.75 Å². The molecule has 0 radical (unpaired) electrons. The SMILES string of the molecule is COc1cccc(NC(=O)C(=O)NC[C@H](c2ccc3c(c2)CCN3C)N(C)C)c1. The Morgan fingerprint density at radius 1 is 1.17 bits per heavy atom. The second-order valence-corrected chi connectivity index (χ2v) is 7.44. The molecule has 1 atom stereocenters. The van der Waals surface area contributed by atoms with Crippen LogP contribution in [0.25, 0.3) is 0 Å². The highest BCUT2D eigenvalue weighted by molar-refractivity contribution is 6.39. The van der Waals surface area contributed by atoms with Crippen LogP contribution in [0.15, 0.2) is 42.5 Å². The molecule has 1 aliphatic rings. The minimum atomic E-state index is -0.702. The highest BCUT2D eigenvalue weighted by Crippen LogP contribution is 2.30. The first-order chi connectivity index (χ1) is 13.9. The van der Waals surface area contributed by atoms with Crippen molar-refractivity contribution in [3.63, 3.8) is 0 Å². The Balaban J connectivity index is 1.63. The quantitative estimate of drug-likeness (QED) is 0.731. The maximum atomic E-state index is 12.3. The Morgan fingerprint density at radius 3 is 2.69 bits per heavy atom. The molecule has 0 bridgehead atoms. The molecular formula is C22H28N4O3. The second-order valence-electron chi connectivity index (χ2n) is 7.44. The van der Waals surface area contributed by atoms with Crippen molar-refractivity contribution >= 4 is 23.2 Å². The van der Waals surface area contributed by atoms with Crippen LogP contribution >= 0.6 is 0 Å². The van der Waals surface area contributed by atoms with Crippen molar-refractivity contribution in [2.45, 2.75) is 12.5 Å². The van der Waals surface area contributed by atoms with Gasteiger partial charge in [-0.25, -0.2) is 0 Å². The molecule has 0 spiro atoms. The first-order valence-corrected chi connectivity index (χ1v) is 9.62. The second kappa shape index (κ2) is 8.96. The zero-order valence-corrected chi connectivity index (χ0v) is 17.4. The summed E-state index contributed by atoms with van der Waals surface area (Å²) in [5.74, 6) is -0.759. The first kappa shape index (κ1) is 20.7. The van der Waals surface area contributed by atoms with Crippen LogP contribution < -0.4 is 20.3 Å². The van der Waals surface area contributed by atoms with Crippen molar-refractivity contribution in [3.8, 4) is 5.75 Å². The molecule has 2 N–H and O–H groups in total. The molecule has 0 aliphatic carbocycles. The molecule has 3 rings (SSSR count). The van der Waals surface area contributed by atoms with Crippen molar-refractivity contribution in [1.29, 1.82) is 0 Å². The number of methoxy groups -OCH3 is 1. The van der Waals surface area contributed by atoms with Gasteiger partial charge in [-0.15, -0.1) is 0 Å². The van der Waals surface area contributed by atoms with Gasteiger partial charge in [0.25, 0.3) is 0 Å². The Hall–Kier alpha value is -3.06. The van der Waals surface area contributed by atoms with E-state index in [0.717, 1.165) is 18.5 Å². The lowest BCUT2D eigenvalue weighted by molar-refractivity contribution is -0.136. The first-order valence-electron chi connectivity index (χ1n) is 9.62. The summed E-state index contributed by atoms with van der Waals surface area (Å²) in [5, 5.41) is 5.35. The topological polar surface area (TPSA) is 73.9 Å². The fraction of sp³-hybridized carbons (Fsp3) is 0.364. The van der Waals surface area contributed by atoms with Crippen LogP contribution in [0.3, 0.4) is 0 Å². The summed E-state index contributed by atoms with van der Waals surface area (Å²) in [7, 11) is 7.57. The smallest absolute Gasteiger partial charge is 0.313 e. The van der Waals surface area contributed by atoms with Crippen molar-refractivity contribution in [3.05, 3.63) is 53.6 Å².